The minimum Gasteiger partial charge on any atom is -0.213 e. The maximum Gasteiger partial charge on any atom is 0.0944 e. The molecular weight excluding hydrogens is 222 g/mol. The first-order chi connectivity index (χ1) is 8.84. The molecule has 0 radical (unpaired) electrons. The molecule has 0 amide bonds. The van der Waals surface area contributed by atoms with Crippen molar-refractivity contribution in [1.29, 1.82) is 0 Å². The van der Waals surface area contributed by atoms with Crippen molar-refractivity contribution in [2.75, 3.05) is 0 Å². The topological polar surface area (TPSA) is 30.7 Å². The molecule has 0 atom stereocenters. The Morgan fingerprint density at radius 3 is 2.56 bits per heavy atom. The van der Waals surface area contributed by atoms with Gasteiger partial charge in [-0.1, -0.05) is 47.7 Å². The molecule has 0 aliphatic heterocycles. The zero-order valence-corrected chi connectivity index (χ0v) is 10.1. The lowest BCUT2D eigenvalue weighted by atomic mass is 10.1. The van der Waals surface area contributed by atoms with Gasteiger partial charge >= 0.3 is 0 Å². The first-order valence-corrected chi connectivity index (χ1v) is 5.88. The van der Waals surface area contributed by atoms with Gasteiger partial charge in [0.1, 0.15) is 0 Å². The molecule has 3 heteroatoms. The van der Waals surface area contributed by atoms with E-state index in [1.165, 1.54) is 5.56 Å². The number of hydrogen-bond acceptors (Lipinski definition) is 2. The van der Waals surface area contributed by atoms with Crippen molar-refractivity contribution in [3.05, 3.63) is 66.4 Å². The third kappa shape index (κ3) is 1.91. The van der Waals surface area contributed by atoms with Gasteiger partial charge in [-0.25, -0.2) is 4.68 Å². The number of rotatable bonds is 2. The second-order valence-corrected chi connectivity index (χ2v) is 4.24. The van der Waals surface area contributed by atoms with Gasteiger partial charge in [0.25, 0.3) is 0 Å². The van der Waals surface area contributed by atoms with Gasteiger partial charge in [0.05, 0.1) is 17.6 Å². The fourth-order valence-corrected chi connectivity index (χ4v) is 1.99. The molecule has 1 aromatic heterocycles. The molecular formula is C15H13N3. The van der Waals surface area contributed by atoms with Crippen LogP contribution in [0.4, 0.5) is 0 Å². The van der Waals surface area contributed by atoms with Crippen LogP contribution in [0.5, 0.6) is 0 Å². The molecule has 0 aliphatic carbocycles. The Bertz CT molecular complexity index is 656. The van der Waals surface area contributed by atoms with Gasteiger partial charge in [-0.05, 0) is 24.6 Å². The smallest absolute Gasteiger partial charge is 0.0944 e. The Labute approximate surface area is 106 Å². The first kappa shape index (κ1) is 10.7. The molecule has 0 spiro atoms. The van der Waals surface area contributed by atoms with Crippen molar-refractivity contribution in [2.24, 2.45) is 0 Å². The number of benzene rings is 2. The second-order valence-electron chi connectivity index (χ2n) is 4.24. The van der Waals surface area contributed by atoms with Crippen LogP contribution >= 0.6 is 0 Å². The monoisotopic (exact) mass is 235 g/mol. The summed E-state index contributed by atoms with van der Waals surface area (Å²) in [6.45, 7) is 2.07. The highest BCUT2D eigenvalue weighted by molar-refractivity contribution is 5.60. The highest BCUT2D eigenvalue weighted by Crippen LogP contribution is 2.21. The highest BCUT2D eigenvalue weighted by atomic mass is 15.4. The van der Waals surface area contributed by atoms with E-state index < -0.39 is 0 Å². The van der Waals surface area contributed by atoms with Crippen LogP contribution in [0.3, 0.4) is 0 Å². The number of aromatic nitrogens is 3. The Hall–Kier alpha value is -2.42. The van der Waals surface area contributed by atoms with E-state index in [1.54, 1.807) is 6.20 Å². The average molecular weight is 235 g/mol. The summed E-state index contributed by atoms with van der Waals surface area (Å²) in [6.07, 6.45) is 1.79. The molecule has 18 heavy (non-hydrogen) atoms. The molecule has 0 aliphatic rings. The van der Waals surface area contributed by atoms with Crippen molar-refractivity contribution in [3.63, 3.8) is 0 Å². The van der Waals surface area contributed by atoms with E-state index in [-0.39, 0.29) is 0 Å². The Morgan fingerprint density at radius 1 is 0.944 bits per heavy atom. The summed E-state index contributed by atoms with van der Waals surface area (Å²) < 4.78 is 1.86. The van der Waals surface area contributed by atoms with Crippen molar-refractivity contribution < 1.29 is 0 Å². The van der Waals surface area contributed by atoms with Gasteiger partial charge in [0, 0.05) is 5.56 Å². The Morgan fingerprint density at radius 2 is 1.78 bits per heavy atom. The van der Waals surface area contributed by atoms with Gasteiger partial charge in [0.15, 0.2) is 0 Å². The normalized spacial score (nSPS) is 10.5. The summed E-state index contributed by atoms with van der Waals surface area (Å²) in [6, 6.07) is 18.4. The maximum atomic E-state index is 4.17. The molecule has 3 rings (SSSR count). The molecule has 0 bridgehead atoms. The molecule has 0 unspecified atom stereocenters. The van der Waals surface area contributed by atoms with Crippen LogP contribution < -0.4 is 0 Å². The highest BCUT2D eigenvalue weighted by Gasteiger charge is 2.07. The molecule has 3 aromatic rings. The lowest BCUT2D eigenvalue weighted by Crippen LogP contribution is -1.99. The zero-order valence-electron chi connectivity index (χ0n) is 10.1. The number of nitrogens with zero attached hydrogens (tertiary/aromatic N) is 3. The van der Waals surface area contributed by atoms with Crippen molar-refractivity contribution in [2.45, 2.75) is 6.92 Å². The Kier molecular flexibility index (Phi) is 2.65. The fraction of sp³-hybridized carbons (Fsp3) is 0.0667. The zero-order chi connectivity index (χ0) is 12.4. The van der Waals surface area contributed by atoms with Gasteiger partial charge in [0.2, 0.25) is 0 Å². The van der Waals surface area contributed by atoms with Crippen LogP contribution in [0.15, 0.2) is 60.8 Å². The summed E-state index contributed by atoms with van der Waals surface area (Å²) in [7, 11) is 0. The molecule has 0 N–H and O–H groups in total. The van der Waals surface area contributed by atoms with E-state index in [9.17, 15) is 0 Å². The molecule has 88 valence electrons. The SMILES string of the molecule is Cc1cccc(-n2nncc2-c2ccccc2)c1. The quantitative estimate of drug-likeness (QED) is 0.682. The van der Waals surface area contributed by atoms with Crippen molar-refractivity contribution in [3.8, 4) is 16.9 Å². The molecule has 0 saturated carbocycles. The summed E-state index contributed by atoms with van der Waals surface area (Å²) in [5.41, 5.74) is 4.36. The maximum absolute atomic E-state index is 4.17. The van der Waals surface area contributed by atoms with Crippen LogP contribution in [0.25, 0.3) is 16.9 Å². The van der Waals surface area contributed by atoms with Gasteiger partial charge in [-0.15, -0.1) is 5.10 Å². The average Bonchev–Trinajstić information content (AvgIpc) is 2.89. The molecule has 0 saturated heterocycles. The van der Waals surface area contributed by atoms with Crippen LogP contribution in [-0.2, 0) is 0 Å². The van der Waals surface area contributed by atoms with Crippen molar-refractivity contribution in [1.82, 2.24) is 15.0 Å². The second kappa shape index (κ2) is 4.45. The van der Waals surface area contributed by atoms with Crippen LogP contribution in [0.2, 0.25) is 0 Å². The third-order valence-electron chi connectivity index (χ3n) is 2.87. The lowest BCUT2D eigenvalue weighted by molar-refractivity contribution is 0.807. The first-order valence-electron chi connectivity index (χ1n) is 5.88. The van der Waals surface area contributed by atoms with Crippen molar-refractivity contribution >= 4 is 0 Å². The summed E-state index contributed by atoms with van der Waals surface area (Å²) >= 11 is 0. The standard InChI is InChI=1S/C15H13N3/c1-12-6-5-9-14(10-12)18-15(11-16-17-18)13-7-3-2-4-8-13/h2-11H,1H3. The van der Waals surface area contributed by atoms with Crippen LogP contribution in [0.1, 0.15) is 5.56 Å². The van der Waals surface area contributed by atoms with E-state index >= 15 is 0 Å². The minimum absolute atomic E-state index is 1.00. The van der Waals surface area contributed by atoms with E-state index in [4.69, 9.17) is 0 Å². The number of aryl methyl sites for hydroxylation is 1. The van der Waals surface area contributed by atoms with E-state index in [2.05, 4.69) is 41.5 Å². The van der Waals surface area contributed by atoms with E-state index in [0.29, 0.717) is 0 Å². The summed E-state index contributed by atoms with van der Waals surface area (Å²) in [5, 5.41) is 8.19. The van der Waals surface area contributed by atoms with Crippen LogP contribution in [-0.4, -0.2) is 15.0 Å². The predicted octanol–water partition coefficient (Wildman–Crippen LogP) is 3.24. The van der Waals surface area contributed by atoms with Gasteiger partial charge in [-0.2, -0.15) is 0 Å². The summed E-state index contributed by atoms with van der Waals surface area (Å²) in [5.74, 6) is 0. The van der Waals surface area contributed by atoms with E-state index in [1.807, 2.05) is 35.0 Å². The predicted molar refractivity (Wildman–Crippen MR) is 71.5 cm³/mol. The van der Waals surface area contributed by atoms with E-state index in [0.717, 1.165) is 16.9 Å². The van der Waals surface area contributed by atoms with Crippen LogP contribution in [0, 0.1) is 6.92 Å². The lowest BCUT2D eigenvalue weighted by Gasteiger charge is -2.06. The van der Waals surface area contributed by atoms with Gasteiger partial charge in [-0.3, -0.25) is 0 Å². The van der Waals surface area contributed by atoms with Gasteiger partial charge < -0.3 is 0 Å². The summed E-state index contributed by atoms with van der Waals surface area (Å²) in [4.78, 5) is 0. The molecule has 3 nitrogen and oxygen atoms in total. The molecule has 1 heterocycles. The minimum atomic E-state index is 1.00. The molecule has 2 aromatic carbocycles. The fourth-order valence-electron chi connectivity index (χ4n) is 1.99. The molecule has 0 fully saturated rings. The third-order valence-corrected chi connectivity index (χ3v) is 2.87. The number of hydrogen-bond donors (Lipinski definition) is 0. The Balaban J connectivity index is 2.13. The largest absolute Gasteiger partial charge is 0.213 e.